The highest BCUT2D eigenvalue weighted by atomic mass is 16.6. The Hall–Kier alpha value is -0.990. The van der Waals surface area contributed by atoms with Crippen molar-refractivity contribution >= 4 is 6.09 Å². The molecule has 0 fully saturated rings. The zero-order chi connectivity index (χ0) is 9.90. The molecule has 0 aromatic heterocycles. The van der Waals surface area contributed by atoms with Gasteiger partial charge >= 0.3 is 6.09 Å². The van der Waals surface area contributed by atoms with E-state index in [1.54, 1.807) is 4.90 Å². The van der Waals surface area contributed by atoms with Crippen LogP contribution in [0, 0.1) is 6.54 Å². The summed E-state index contributed by atoms with van der Waals surface area (Å²) in [7, 11) is 0. The van der Waals surface area contributed by atoms with Crippen LogP contribution in [-0.4, -0.2) is 23.1 Å². The van der Waals surface area contributed by atoms with Crippen LogP contribution >= 0.6 is 0 Å². The lowest BCUT2D eigenvalue weighted by molar-refractivity contribution is 0.0316. The zero-order valence-corrected chi connectivity index (χ0v) is 8.41. The Morgan fingerprint density at radius 1 is 1.38 bits per heavy atom. The fourth-order valence-electron chi connectivity index (χ4n) is 1.02. The number of nitrogens with zero attached hydrogens (tertiary/aromatic N) is 1. The normalized spacial score (nSPS) is 17.3. The number of amides is 1. The molecule has 1 aliphatic heterocycles. The fourth-order valence-corrected chi connectivity index (χ4v) is 1.02. The molecular weight excluding hydrogens is 166 g/mol. The Kier molecular flexibility index (Phi) is 2.96. The summed E-state index contributed by atoms with van der Waals surface area (Å²) in [5.41, 5.74) is -0.411. The first-order chi connectivity index (χ1) is 5.99. The van der Waals surface area contributed by atoms with Crippen molar-refractivity contribution in [3.63, 3.8) is 0 Å². The number of carbonyl (C=O) groups excluding carboxylic acids is 1. The molecular formula is C10H16NO2. The lowest BCUT2D eigenvalue weighted by atomic mass is 10.2. The van der Waals surface area contributed by atoms with Crippen LogP contribution in [0.2, 0.25) is 0 Å². The third-order valence-electron chi connectivity index (χ3n) is 1.56. The van der Waals surface area contributed by atoms with E-state index in [-0.39, 0.29) is 6.09 Å². The minimum absolute atomic E-state index is 0.267. The van der Waals surface area contributed by atoms with E-state index < -0.39 is 5.60 Å². The van der Waals surface area contributed by atoms with Gasteiger partial charge < -0.3 is 4.74 Å². The number of ether oxygens (including phenoxy) is 1. The summed E-state index contributed by atoms with van der Waals surface area (Å²) in [6.07, 6.45) is 4.53. The fraction of sp³-hybridized carbons (Fsp3) is 0.600. The Morgan fingerprint density at radius 2 is 2.08 bits per heavy atom. The topological polar surface area (TPSA) is 29.5 Å². The molecule has 73 valence electrons. The lowest BCUT2D eigenvalue weighted by Crippen LogP contribution is -2.36. The number of hydrogen-bond acceptors (Lipinski definition) is 2. The first-order valence-electron chi connectivity index (χ1n) is 4.47. The molecule has 0 N–H and O–H groups in total. The SMILES string of the molecule is CC(C)(C)OC(=O)N1[CH]CC=CC1. The molecule has 0 saturated heterocycles. The highest BCUT2D eigenvalue weighted by Gasteiger charge is 2.21. The molecule has 1 amide bonds. The molecule has 0 spiro atoms. The first kappa shape index (κ1) is 10.1. The van der Waals surface area contributed by atoms with Crippen LogP contribution in [0.25, 0.3) is 0 Å². The molecule has 0 bridgehead atoms. The predicted molar refractivity (Wildman–Crippen MR) is 51.0 cm³/mol. The summed E-state index contributed by atoms with van der Waals surface area (Å²) in [6, 6.07) is 0. The van der Waals surface area contributed by atoms with Gasteiger partial charge in [-0.2, -0.15) is 0 Å². The molecule has 1 heterocycles. The summed E-state index contributed by atoms with van der Waals surface area (Å²) in [5.74, 6) is 0. The number of rotatable bonds is 0. The molecule has 3 heteroatoms. The van der Waals surface area contributed by atoms with Crippen molar-refractivity contribution in [3.05, 3.63) is 18.7 Å². The third-order valence-corrected chi connectivity index (χ3v) is 1.56. The molecule has 1 radical (unpaired) electrons. The lowest BCUT2D eigenvalue weighted by Gasteiger charge is -2.27. The average molecular weight is 182 g/mol. The van der Waals surface area contributed by atoms with E-state index in [1.165, 1.54) is 0 Å². The van der Waals surface area contributed by atoms with Crippen molar-refractivity contribution in [2.75, 3.05) is 6.54 Å². The zero-order valence-electron chi connectivity index (χ0n) is 8.41. The van der Waals surface area contributed by atoms with Crippen molar-refractivity contribution in [1.82, 2.24) is 4.90 Å². The molecule has 0 saturated carbocycles. The predicted octanol–water partition coefficient (Wildman–Crippen LogP) is 2.35. The largest absolute Gasteiger partial charge is 0.444 e. The molecule has 0 atom stereocenters. The second-order valence-electron chi connectivity index (χ2n) is 4.02. The molecule has 13 heavy (non-hydrogen) atoms. The van der Waals surface area contributed by atoms with Crippen LogP contribution in [0.15, 0.2) is 12.2 Å². The van der Waals surface area contributed by atoms with Crippen LogP contribution in [0.5, 0.6) is 0 Å². The van der Waals surface area contributed by atoms with Gasteiger partial charge in [0.05, 0.1) is 6.54 Å². The summed E-state index contributed by atoms with van der Waals surface area (Å²) in [6.45, 7) is 8.06. The highest BCUT2D eigenvalue weighted by Crippen LogP contribution is 2.13. The summed E-state index contributed by atoms with van der Waals surface area (Å²) >= 11 is 0. The van der Waals surface area contributed by atoms with Crippen LogP contribution in [0.1, 0.15) is 27.2 Å². The van der Waals surface area contributed by atoms with Gasteiger partial charge in [0.25, 0.3) is 0 Å². The van der Waals surface area contributed by atoms with E-state index in [1.807, 2.05) is 39.5 Å². The second kappa shape index (κ2) is 3.81. The van der Waals surface area contributed by atoms with E-state index >= 15 is 0 Å². The minimum Gasteiger partial charge on any atom is -0.444 e. The smallest absolute Gasteiger partial charge is 0.410 e. The second-order valence-corrected chi connectivity index (χ2v) is 4.02. The van der Waals surface area contributed by atoms with Crippen LogP contribution in [0.3, 0.4) is 0 Å². The van der Waals surface area contributed by atoms with E-state index in [2.05, 4.69) is 0 Å². The number of carbonyl (C=O) groups is 1. The van der Waals surface area contributed by atoms with Gasteiger partial charge in [0, 0.05) is 6.54 Å². The molecule has 3 nitrogen and oxygen atoms in total. The molecule has 1 rings (SSSR count). The highest BCUT2D eigenvalue weighted by molar-refractivity contribution is 5.69. The van der Waals surface area contributed by atoms with Gasteiger partial charge in [-0.3, -0.25) is 4.90 Å². The maximum absolute atomic E-state index is 11.5. The van der Waals surface area contributed by atoms with Gasteiger partial charge in [-0.25, -0.2) is 4.79 Å². The molecule has 0 aliphatic carbocycles. The van der Waals surface area contributed by atoms with Gasteiger partial charge in [0.15, 0.2) is 0 Å². The van der Waals surface area contributed by atoms with Crippen molar-refractivity contribution in [1.29, 1.82) is 0 Å². The van der Waals surface area contributed by atoms with E-state index in [4.69, 9.17) is 4.74 Å². The van der Waals surface area contributed by atoms with Crippen molar-refractivity contribution in [2.45, 2.75) is 32.8 Å². The van der Waals surface area contributed by atoms with Gasteiger partial charge in [-0.1, -0.05) is 12.2 Å². The maximum atomic E-state index is 11.5. The summed E-state index contributed by atoms with van der Waals surface area (Å²) < 4.78 is 5.20. The Bertz CT molecular complexity index is 215. The van der Waals surface area contributed by atoms with Gasteiger partial charge in [-0.15, -0.1) is 0 Å². The summed E-state index contributed by atoms with van der Waals surface area (Å²) in [4.78, 5) is 13.0. The van der Waals surface area contributed by atoms with E-state index in [0.29, 0.717) is 6.54 Å². The van der Waals surface area contributed by atoms with Gasteiger partial charge in [-0.05, 0) is 27.2 Å². The Labute approximate surface area is 79.4 Å². The van der Waals surface area contributed by atoms with Crippen LogP contribution < -0.4 is 0 Å². The van der Waals surface area contributed by atoms with Gasteiger partial charge in [0.1, 0.15) is 5.60 Å². The van der Waals surface area contributed by atoms with E-state index in [9.17, 15) is 4.79 Å². The van der Waals surface area contributed by atoms with Crippen molar-refractivity contribution in [3.8, 4) is 0 Å². The molecule has 0 aromatic carbocycles. The monoisotopic (exact) mass is 182 g/mol. The van der Waals surface area contributed by atoms with Crippen LogP contribution in [-0.2, 0) is 4.74 Å². The Morgan fingerprint density at radius 3 is 2.54 bits per heavy atom. The number of hydrogen-bond donors (Lipinski definition) is 0. The van der Waals surface area contributed by atoms with E-state index in [0.717, 1.165) is 6.42 Å². The third kappa shape index (κ3) is 3.49. The quantitative estimate of drug-likeness (QED) is 0.538. The standard InChI is InChI=1S/C10H16NO2/c1-10(2,3)13-9(12)11-7-5-4-6-8-11/h4-5,8H,6-7H2,1-3H3. The minimum atomic E-state index is -0.411. The molecule has 1 aliphatic rings. The molecule has 0 aromatic rings. The molecule has 0 unspecified atom stereocenters. The summed E-state index contributed by atoms with van der Waals surface area (Å²) in [5, 5.41) is 0. The van der Waals surface area contributed by atoms with Gasteiger partial charge in [0.2, 0.25) is 0 Å². The average Bonchev–Trinajstić information content (AvgIpc) is 2.03. The maximum Gasteiger partial charge on any atom is 0.410 e. The van der Waals surface area contributed by atoms with Crippen molar-refractivity contribution in [2.24, 2.45) is 0 Å². The Balaban J connectivity index is 2.43. The van der Waals surface area contributed by atoms with Crippen LogP contribution in [0.4, 0.5) is 4.79 Å². The van der Waals surface area contributed by atoms with Crippen molar-refractivity contribution < 1.29 is 9.53 Å². The first-order valence-corrected chi connectivity index (χ1v) is 4.47.